The summed E-state index contributed by atoms with van der Waals surface area (Å²) in [6.07, 6.45) is 6.05. The summed E-state index contributed by atoms with van der Waals surface area (Å²) in [6, 6.07) is 9.41. The predicted molar refractivity (Wildman–Crippen MR) is 78.2 cm³/mol. The van der Waals surface area contributed by atoms with Crippen molar-refractivity contribution in [2.24, 2.45) is 5.41 Å². The van der Waals surface area contributed by atoms with Gasteiger partial charge in [-0.1, -0.05) is 31.2 Å². The summed E-state index contributed by atoms with van der Waals surface area (Å²) in [5.74, 6) is 0.696. The molecule has 0 spiro atoms. The van der Waals surface area contributed by atoms with E-state index in [0.29, 0.717) is 24.0 Å². The highest BCUT2D eigenvalue weighted by Gasteiger charge is 2.42. The van der Waals surface area contributed by atoms with E-state index in [4.69, 9.17) is 5.11 Å². The van der Waals surface area contributed by atoms with Crippen LogP contribution in [0.25, 0.3) is 0 Å². The van der Waals surface area contributed by atoms with Gasteiger partial charge in [0, 0.05) is 19.2 Å². The van der Waals surface area contributed by atoms with Crippen LogP contribution < -0.4 is 5.32 Å². The zero-order valence-corrected chi connectivity index (χ0v) is 11.9. The van der Waals surface area contributed by atoms with Gasteiger partial charge in [0.1, 0.15) is 0 Å². The molecule has 2 nitrogen and oxygen atoms in total. The number of nitrogens with one attached hydrogen (secondary N) is 1. The lowest BCUT2D eigenvalue weighted by Crippen LogP contribution is -2.31. The zero-order chi connectivity index (χ0) is 13.3. The Hall–Kier alpha value is -0.860. The summed E-state index contributed by atoms with van der Waals surface area (Å²) in [5, 5.41) is 12.9. The molecule has 0 saturated heterocycles. The first-order chi connectivity index (χ1) is 9.24. The van der Waals surface area contributed by atoms with Gasteiger partial charge in [0.25, 0.3) is 0 Å². The second-order valence-corrected chi connectivity index (χ2v) is 6.51. The fourth-order valence-electron chi connectivity index (χ4n) is 3.49. The highest BCUT2D eigenvalue weighted by Crippen LogP contribution is 2.48. The van der Waals surface area contributed by atoms with E-state index in [2.05, 4.69) is 36.5 Å². The van der Waals surface area contributed by atoms with Crippen molar-refractivity contribution in [3.05, 3.63) is 35.4 Å². The minimum atomic E-state index is 0.333. The molecule has 104 valence electrons. The Morgan fingerprint density at radius 1 is 1.21 bits per heavy atom. The molecule has 2 unspecified atom stereocenters. The molecule has 2 heteroatoms. The Labute approximate surface area is 116 Å². The molecule has 2 N–H and O–H groups in total. The van der Waals surface area contributed by atoms with E-state index in [9.17, 15) is 0 Å². The second kappa shape index (κ2) is 5.26. The molecular formula is C17H25NO. The van der Waals surface area contributed by atoms with Crippen LogP contribution in [-0.4, -0.2) is 18.3 Å². The summed E-state index contributed by atoms with van der Waals surface area (Å²) in [4.78, 5) is 0. The topological polar surface area (TPSA) is 32.3 Å². The lowest BCUT2D eigenvalue weighted by atomic mass is 9.81. The molecule has 1 fully saturated rings. The molecule has 19 heavy (non-hydrogen) atoms. The molecule has 2 aliphatic carbocycles. The van der Waals surface area contributed by atoms with Crippen molar-refractivity contribution in [1.29, 1.82) is 0 Å². The first kappa shape index (κ1) is 13.1. The normalized spacial score (nSPS) is 27.9. The molecule has 0 radical (unpaired) electrons. The van der Waals surface area contributed by atoms with Gasteiger partial charge in [-0.15, -0.1) is 0 Å². The third-order valence-corrected chi connectivity index (χ3v) is 5.11. The maximum Gasteiger partial charge on any atom is 0.0436 e. The molecule has 1 aromatic rings. The number of hydrogen-bond donors (Lipinski definition) is 2. The highest BCUT2D eigenvalue weighted by molar-refractivity contribution is 5.35. The Bertz CT molecular complexity index is 439. The first-order valence-corrected chi connectivity index (χ1v) is 7.67. The van der Waals surface area contributed by atoms with Gasteiger partial charge in [-0.2, -0.15) is 0 Å². The van der Waals surface area contributed by atoms with Crippen molar-refractivity contribution < 1.29 is 5.11 Å². The average Bonchev–Trinajstić information content (AvgIpc) is 3.19. The fraction of sp³-hybridized carbons (Fsp3) is 0.647. The fourth-order valence-corrected chi connectivity index (χ4v) is 3.49. The van der Waals surface area contributed by atoms with Gasteiger partial charge in [0.15, 0.2) is 0 Å². The van der Waals surface area contributed by atoms with Gasteiger partial charge in [0.2, 0.25) is 0 Å². The van der Waals surface area contributed by atoms with Crippen LogP contribution in [0.5, 0.6) is 0 Å². The predicted octanol–water partition coefficient (Wildman–Crippen LogP) is 3.38. The minimum absolute atomic E-state index is 0.333. The van der Waals surface area contributed by atoms with Crippen LogP contribution in [0, 0.1) is 5.41 Å². The monoisotopic (exact) mass is 259 g/mol. The third-order valence-electron chi connectivity index (χ3n) is 5.11. The number of aliphatic hydroxyl groups excluding tert-OH is 1. The van der Waals surface area contributed by atoms with Gasteiger partial charge in [-0.3, -0.25) is 0 Å². The zero-order valence-electron chi connectivity index (χ0n) is 11.9. The number of hydrogen-bond acceptors (Lipinski definition) is 2. The Balaban J connectivity index is 1.68. The SMILES string of the molecule is CC1CCC(NCC2(CCO)CC2)c2ccccc21. The van der Waals surface area contributed by atoms with E-state index < -0.39 is 0 Å². The van der Waals surface area contributed by atoms with E-state index in [1.165, 1.54) is 36.8 Å². The first-order valence-electron chi connectivity index (χ1n) is 7.67. The Morgan fingerprint density at radius 2 is 1.95 bits per heavy atom. The molecule has 2 atom stereocenters. The van der Waals surface area contributed by atoms with E-state index in [1.807, 2.05) is 0 Å². The minimum Gasteiger partial charge on any atom is -0.396 e. The van der Waals surface area contributed by atoms with Crippen LogP contribution in [0.1, 0.15) is 62.1 Å². The van der Waals surface area contributed by atoms with Crippen molar-refractivity contribution >= 4 is 0 Å². The van der Waals surface area contributed by atoms with Crippen LogP contribution in [0.4, 0.5) is 0 Å². The lowest BCUT2D eigenvalue weighted by molar-refractivity contribution is 0.240. The van der Waals surface area contributed by atoms with Crippen LogP contribution in [0.3, 0.4) is 0 Å². The highest BCUT2D eigenvalue weighted by atomic mass is 16.3. The molecule has 0 heterocycles. The Kier molecular flexibility index (Phi) is 3.64. The van der Waals surface area contributed by atoms with Gasteiger partial charge >= 0.3 is 0 Å². The van der Waals surface area contributed by atoms with Gasteiger partial charge in [-0.05, 0) is 54.6 Å². The summed E-state index contributed by atoms with van der Waals surface area (Å²) >= 11 is 0. The standard InChI is InChI=1S/C17H25NO/c1-13-6-7-16(15-5-3-2-4-14(13)15)18-12-17(8-9-17)10-11-19/h2-5,13,16,18-19H,6-12H2,1H3. The summed E-state index contributed by atoms with van der Waals surface area (Å²) in [5.41, 5.74) is 3.44. The van der Waals surface area contributed by atoms with Crippen molar-refractivity contribution in [2.45, 2.75) is 51.0 Å². The third kappa shape index (κ3) is 2.70. The maximum atomic E-state index is 9.14. The molecule has 1 saturated carbocycles. The molecule has 0 amide bonds. The van der Waals surface area contributed by atoms with Crippen LogP contribution in [0.15, 0.2) is 24.3 Å². The molecule has 0 aliphatic heterocycles. The van der Waals surface area contributed by atoms with Gasteiger partial charge < -0.3 is 10.4 Å². The molecule has 1 aromatic carbocycles. The number of benzene rings is 1. The lowest BCUT2D eigenvalue weighted by Gasteiger charge is -2.31. The van der Waals surface area contributed by atoms with Crippen LogP contribution in [0.2, 0.25) is 0 Å². The van der Waals surface area contributed by atoms with E-state index in [1.54, 1.807) is 0 Å². The van der Waals surface area contributed by atoms with Crippen LogP contribution >= 0.6 is 0 Å². The summed E-state index contributed by atoms with van der Waals surface area (Å²) in [7, 11) is 0. The number of aliphatic hydroxyl groups is 1. The Morgan fingerprint density at radius 3 is 2.63 bits per heavy atom. The van der Waals surface area contributed by atoms with E-state index in [-0.39, 0.29) is 0 Å². The maximum absolute atomic E-state index is 9.14. The molecule has 3 rings (SSSR count). The van der Waals surface area contributed by atoms with Crippen LogP contribution in [-0.2, 0) is 0 Å². The molecular weight excluding hydrogens is 234 g/mol. The van der Waals surface area contributed by atoms with Crippen molar-refractivity contribution in [3.8, 4) is 0 Å². The van der Waals surface area contributed by atoms with Crippen molar-refractivity contribution in [2.75, 3.05) is 13.2 Å². The molecule has 2 aliphatic rings. The van der Waals surface area contributed by atoms with E-state index >= 15 is 0 Å². The van der Waals surface area contributed by atoms with Crippen molar-refractivity contribution in [1.82, 2.24) is 5.32 Å². The largest absolute Gasteiger partial charge is 0.396 e. The van der Waals surface area contributed by atoms with E-state index in [0.717, 1.165) is 13.0 Å². The summed E-state index contributed by atoms with van der Waals surface area (Å²) in [6.45, 7) is 3.74. The molecule has 0 bridgehead atoms. The average molecular weight is 259 g/mol. The van der Waals surface area contributed by atoms with Gasteiger partial charge in [0.05, 0.1) is 0 Å². The molecule has 0 aromatic heterocycles. The number of rotatable bonds is 5. The van der Waals surface area contributed by atoms with Gasteiger partial charge in [-0.25, -0.2) is 0 Å². The second-order valence-electron chi connectivity index (χ2n) is 6.51. The summed E-state index contributed by atoms with van der Waals surface area (Å²) < 4.78 is 0. The van der Waals surface area contributed by atoms with Crippen molar-refractivity contribution in [3.63, 3.8) is 0 Å². The smallest absolute Gasteiger partial charge is 0.0436 e. The number of fused-ring (bicyclic) bond motifs is 1. The quantitative estimate of drug-likeness (QED) is 0.849.